The Morgan fingerprint density at radius 1 is 1.14 bits per heavy atom. The van der Waals surface area contributed by atoms with E-state index in [-0.39, 0.29) is 18.4 Å². The van der Waals surface area contributed by atoms with E-state index in [0.717, 1.165) is 18.4 Å². The molecule has 0 radical (unpaired) electrons. The van der Waals surface area contributed by atoms with Crippen molar-refractivity contribution in [2.75, 3.05) is 46.8 Å². The van der Waals surface area contributed by atoms with Crippen molar-refractivity contribution in [3.63, 3.8) is 0 Å². The van der Waals surface area contributed by atoms with Crippen molar-refractivity contribution in [2.24, 2.45) is 0 Å². The van der Waals surface area contributed by atoms with Crippen molar-refractivity contribution in [2.45, 2.75) is 24.8 Å². The number of carbonyl (C=O) groups excluding carboxylic acids is 2. The monoisotopic (exact) mass is 409 g/mol. The molecular formula is C19H28FN5O4. The topological polar surface area (TPSA) is 88.6 Å². The summed E-state index contributed by atoms with van der Waals surface area (Å²) >= 11 is 0. The average Bonchev–Trinajstić information content (AvgIpc) is 2.74. The lowest BCUT2D eigenvalue weighted by molar-refractivity contribution is -0.347. The Morgan fingerprint density at radius 3 is 2.38 bits per heavy atom. The van der Waals surface area contributed by atoms with Crippen LogP contribution in [0.25, 0.3) is 0 Å². The molecule has 0 aliphatic carbocycles. The first-order valence-electron chi connectivity index (χ1n) is 9.74. The van der Waals surface area contributed by atoms with E-state index in [2.05, 4.69) is 0 Å². The van der Waals surface area contributed by atoms with Gasteiger partial charge in [-0.1, -0.05) is 12.1 Å². The van der Waals surface area contributed by atoms with E-state index >= 15 is 0 Å². The summed E-state index contributed by atoms with van der Waals surface area (Å²) in [5, 5.41) is 12.4. The number of hydrogen-bond acceptors (Lipinski definition) is 6. The number of piperidine rings is 1. The smallest absolute Gasteiger partial charge is 0.319 e. The molecule has 3 rings (SSSR count). The quantitative estimate of drug-likeness (QED) is 0.570. The van der Waals surface area contributed by atoms with Crippen LogP contribution in [0.5, 0.6) is 0 Å². The highest BCUT2D eigenvalue weighted by atomic mass is 19.1. The lowest BCUT2D eigenvalue weighted by atomic mass is 9.90. The highest BCUT2D eigenvalue weighted by Crippen LogP contribution is 2.28. The van der Waals surface area contributed by atoms with Crippen molar-refractivity contribution in [1.29, 1.82) is 0 Å². The summed E-state index contributed by atoms with van der Waals surface area (Å²) in [5.74, 6) is -0.529. The number of urea groups is 1. The molecule has 2 aliphatic rings. The van der Waals surface area contributed by atoms with Crippen LogP contribution in [0.2, 0.25) is 0 Å². The molecule has 2 aliphatic heterocycles. The minimum Gasteiger partial charge on any atom is -0.331 e. The van der Waals surface area contributed by atoms with E-state index in [9.17, 15) is 14.0 Å². The zero-order valence-electron chi connectivity index (χ0n) is 16.8. The third-order valence-corrected chi connectivity index (χ3v) is 5.41. The lowest BCUT2D eigenvalue weighted by Gasteiger charge is -2.42. The predicted molar refractivity (Wildman–Crippen MR) is 102 cm³/mol. The Morgan fingerprint density at radius 2 is 1.79 bits per heavy atom. The number of nitrogens with zero attached hydrogens (tertiary/aromatic N) is 4. The van der Waals surface area contributed by atoms with Crippen molar-refractivity contribution < 1.29 is 24.1 Å². The van der Waals surface area contributed by atoms with Crippen LogP contribution < -0.4 is 5.48 Å². The molecule has 0 spiro atoms. The van der Waals surface area contributed by atoms with Gasteiger partial charge in [-0.05, 0) is 36.5 Å². The van der Waals surface area contributed by atoms with Gasteiger partial charge in [-0.15, -0.1) is 0 Å². The zero-order valence-corrected chi connectivity index (χ0v) is 16.8. The average molecular weight is 409 g/mol. The summed E-state index contributed by atoms with van der Waals surface area (Å²) in [6.45, 7) is 2.20. The molecule has 2 heterocycles. The highest BCUT2D eigenvalue weighted by Gasteiger charge is 2.37. The van der Waals surface area contributed by atoms with Gasteiger partial charge in [0.2, 0.25) is 0 Å². The standard InChI is InChI=1S/C19H28FN5O4/c1-22(2)19(27)23-11-12-25(17(13-23)18(26)21-28)29-24-9-7-15(8-10-24)14-3-5-16(20)6-4-14/h3-6,15,17,28H,7-13H2,1-2H3,(H,21,26)/t17-/m1/s1. The van der Waals surface area contributed by atoms with Crippen LogP contribution in [0.15, 0.2) is 24.3 Å². The fraction of sp³-hybridized carbons (Fsp3) is 0.579. The minimum atomic E-state index is -0.813. The SMILES string of the molecule is CN(C)C(=O)N1CCN(ON2CCC(c3ccc(F)cc3)CC2)[C@@H](C(=O)NO)C1. The maximum Gasteiger partial charge on any atom is 0.319 e. The first-order valence-corrected chi connectivity index (χ1v) is 9.74. The molecule has 1 aromatic rings. The van der Waals surface area contributed by atoms with Gasteiger partial charge in [0.25, 0.3) is 5.91 Å². The van der Waals surface area contributed by atoms with E-state index < -0.39 is 11.9 Å². The van der Waals surface area contributed by atoms with Crippen LogP contribution in [-0.4, -0.2) is 89.9 Å². The summed E-state index contributed by atoms with van der Waals surface area (Å²) in [6.07, 6.45) is 1.70. The Labute approximate surface area is 169 Å². The highest BCUT2D eigenvalue weighted by molar-refractivity contribution is 5.82. The molecule has 29 heavy (non-hydrogen) atoms. The van der Waals surface area contributed by atoms with Gasteiger partial charge in [0, 0.05) is 46.8 Å². The second-order valence-electron chi connectivity index (χ2n) is 7.59. The maximum absolute atomic E-state index is 13.1. The van der Waals surface area contributed by atoms with E-state index in [0.29, 0.717) is 32.1 Å². The van der Waals surface area contributed by atoms with E-state index in [1.165, 1.54) is 22.1 Å². The van der Waals surface area contributed by atoms with Gasteiger partial charge < -0.3 is 9.80 Å². The number of piperazine rings is 1. The summed E-state index contributed by atoms with van der Waals surface area (Å²) in [5.41, 5.74) is 2.77. The molecule has 160 valence electrons. The van der Waals surface area contributed by atoms with Gasteiger partial charge in [-0.2, -0.15) is 10.1 Å². The normalized spacial score (nSPS) is 21.8. The number of amides is 3. The lowest BCUT2D eigenvalue weighted by Crippen LogP contribution is -2.62. The molecule has 0 unspecified atom stereocenters. The van der Waals surface area contributed by atoms with Crippen molar-refractivity contribution in [3.8, 4) is 0 Å². The Balaban J connectivity index is 1.57. The first kappa shape index (κ1) is 21.4. The molecule has 0 saturated carbocycles. The van der Waals surface area contributed by atoms with Gasteiger partial charge in [0.05, 0.1) is 0 Å². The number of benzene rings is 1. The molecule has 9 nitrogen and oxygen atoms in total. The molecule has 2 saturated heterocycles. The molecule has 1 atom stereocenters. The largest absolute Gasteiger partial charge is 0.331 e. The van der Waals surface area contributed by atoms with Crippen molar-refractivity contribution in [3.05, 3.63) is 35.6 Å². The van der Waals surface area contributed by atoms with E-state index in [1.54, 1.807) is 29.5 Å². The molecular weight excluding hydrogens is 381 g/mol. The first-order chi connectivity index (χ1) is 13.9. The molecule has 3 amide bonds. The Kier molecular flexibility index (Phi) is 7.01. The summed E-state index contributed by atoms with van der Waals surface area (Å²) in [7, 11) is 3.30. The Bertz CT molecular complexity index is 709. The van der Waals surface area contributed by atoms with Gasteiger partial charge in [-0.25, -0.2) is 19.6 Å². The summed E-state index contributed by atoms with van der Waals surface area (Å²) in [4.78, 5) is 33.3. The maximum atomic E-state index is 13.1. The van der Waals surface area contributed by atoms with Crippen LogP contribution in [-0.2, 0) is 9.73 Å². The van der Waals surface area contributed by atoms with Gasteiger partial charge >= 0.3 is 6.03 Å². The zero-order chi connectivity index (χ0) is 21.0. The van der Waals surface area contributed by atoms with Crippen LogP contribution in [0.1, 0.15) is 24.3 Å². The second-order valence-corrected chi connectivity index (χ2v) is 7.59. The second kappa shape index (κ2) is 9.49. The summed E-state index contributed by atoms with van der Waals surface area (Å²) in [6, 6.07) is 5.58. The molecule has 2 N–H and O–H groups in total. The van der Waals surface area contributed by atoms with Crippen LogP contribution in [0.4, 0.5) is 9.18 Å². The van der Waals surface area contributed by atoms with Gasteiger partial charge in [-0.3, -0.25) is 10.0 Å². The molecule has 1 aromatic carbocycles. The van der Waals surface area contributed by atoms with Crippen LogP contribution >= 0.6 is 0 Å². The predicted octanol–water partition coefficient (Wildman–Crippen LogP) is 1.02. The third-order valence-electron chi connectivity index (χ3n) is 5.41. The number of rotatable bonds is 4. The van der Waals surface area contributed by atoms with Gasteiger partial charge in [0.15, 0.2) is 0 Å². The van der Waals surface area contributed by atoms with Crippen LogP contribution in [0.3, 0.4) is 0 Å². The van der Waals surface area contributed by atoms with Crippen molar-refractivity contribution >= 4 is 11.9 Å². The molecule has 2 fully saturated rings. The van der Waals surface area contributed by atoms with Crippen LogP contribution in [0, 0.1) is 5.82 Å². The number of carbonyl (C=O) groups is 2. The van der Waals surface area contributed by atoms with Gasteiger partial charge in [0.1, 0.15) is 11.9 Å². The Hall–Kier alpha value is -2.27. The fourth-order valence-corrected chi connectivity index (χ4v) is 3.76. The molecule has 10 heteroatoms. The number of hydrogen-bond donors (Lipinski definition) is 2. The minimum absolute atomic E-state index is 0.120. The fourth-order valence-electron chi connectivity index (χ4n) is 3.76. The van der Waals surface area contributed by atoms with E-state index in [1.807, 2.05) is 12.1 Å². The van der Waals surface area contributed by atoms with E-state index in [4.69, 9.17) is 10.1 Å². The third kappa shape index (κ3) is 5.21. The number of nitrogens with one attached hydrogen (secondary N) is 1. The number of halogens is 1. The number of hydroxylamine groups is 5. The molecule has 0 bridgehead atoms. The molecule has 0 aromatic heterocycles. The van der Waals surface area contributed by atoms with Crippen molar-refractivity contribution in [1.82, 2.24) is 25.4 Å². The summed E-state index contributed by atoms with van der Waals surface area (Å²) < 4.78 is 13.1.